The molecule has 0 radical (unpaired) electrons. The van der Waals surface area contributed by atoms with Gasteiger partial charge in [0, 0.05) is 15.8 Å². The highest BCUT2D eigenvalue weighted by Crippen LogP contribution is 2.33. The van der Waals surface area contributed by atoms with Crippen molar-refractivity contribution in [3.05, 3.63) is 69.9 Å². The van der Waals surface area contributed by atoms with E-state index in [1.807, 2.05) is 60.8 Å². The molecule has 1 amide bonds. The first-order valence-corrected chi connectivity index (χ1v) is 8.97. The third kappa shape index (κ3) is 3.19. The normalized spacial score (nSPS) is 12.5. The Bertz CT molecular complexity index is 980. The number of ether oxygens (including phenoxy) is 2. The van der Waals surface area contributed by atoms with Gasteiger partial charge in [0.1, 0.15) is 0 Å². The van der Waals surface area contributed by atoms with Crippen molar-refractivity contribution in [2.75, 3.05) is 6.79 Å². The highest BCUT2D eigenvalue weighted by molar-refractivity contribution is 7.10. The molecular formula is C20H16N2O3S. The van der Waals surface area contributed by atoms with E-state index < -0.39 is 0 Å². The molecule has 5 nitrogen and oxygen atoms in total. The quantitative estimate of drug-likeness (QED) is 0.557. The van der Waals surface area contributed by atoms with Crippen LogP contribution in [0.3, 0.4) is 0 Å². The standard InChI is InChI=1S/C20H16N2O3S/c1-13-19(15-5-3-2-4-6-15)16(11-26-13)20(23)22-21-10-14-7-8-17-18(9-14)25-12-24-17/h2-11H,12H2,1H3,(H,22,23)/b21-10-. The second-order valence-electron chi connectivity index (χ2n) is 5.76. The predicted molar refractivity (Wildman–Crippen MR) is 102 cm³/mol. The van der Waals surface area contributed by atoms with Gasteiger partial charge in [0.2, 0.25) is 6.79 Å². The van der Waals surface area contributed by atoms with Gasteiger partial charge in [-0.05, 0) is 36.2 Å². The minimum absolute atomic E-state index is 0.229. The molecule has 0 saturated carbocycles. The molecule has 1 N–H and O–H groups in total. The second kappa shape index (κ2) is 7.01. The Kier molecular flexibility index (Phi) is 4.41. The molecule has 1 aliphatic rings. The topological polar surface area (TPSA) is 59.9 Å². The molecule has 3 aromatic rings. The fraction of sp³-hybridized carbons (Fsp3) is 0.100. The fourth-order valence-corrected chi connectivity index (χ4v) is 3.67. The van der Waals surface area contributed by atoms with Crippen molar-refractivity contribution >= 4 is 23.5 Å². The number of hydrogen-bond donors (Lipinski definition) is 1. The van der Waals surface area contributed by atoms with Crippen molar-refractivity contribution < 1.29 is 14.3 Å². The Hall–Kier alpha value is -3.12. The maximum absolute atomic E-state index is 12.6. The van der Waals surface area contributed by atoms with Crippen molar-refractivity contribution in [3.63, 3.8) is 0 Å². The Labute approximate surface area is 154 Å². The van der Waals surface area contributed by atoms with Gasteiger partial charge in [0.05, 0.1) is 11.8 Å². The Morgan fingerprint density at radius 1 is 1.15 bits per heavy atom. The van der Waals surface area contributed by atoms with E-state index in [9.17, 15) is 4.79 Å². The summed E-state index contributed by atoms with van der Waals surface area (Å²) < 4.78 is 10.6. The molecule has 0 fully saturated rings. The summed E-state index contributed by atoms with van der Waals surface area (Å²) in [6.07, 6.45) is 1.58. The third-order valence-corrected chi connectivity index (χ3v) is 4.97. The first kappa shape index (κ1) is 16.4. The molecule has 2 aromatic carbocycles. The van der Waals surface area contributed by atoms with Crippen LogP contribution in [0.5, 0.6) is 11.5 Å². The van der Waals surface area contributed by atoms with Crippen LogP contribution in [-0.4, -0.2) is 18.9 Å². The third-order valence-electron chi connectivity index (χ3n) is 4.06. The summed E-state index contributed by atoms with van der Waals surface area (Å²) >= 11 is 1.55. The average Bonchev–Trinajstić information content (AvgIpc) is 3.28. The number of fused-ring (bicyclic) bond motifs is 1. The van der Waals surface area contributed by atoms with E-state index in [4.69, 9.17) is 9.47 Å². The average molecular weight is 364 g/mol. The van der Waals surface area contributed by atoms with Gasteiger partial charge in [-0.25, -0.2) is 5.43 Å². The van der Waals surface area contributed by atoms with E-state index in [0.29, 0.717) is 17.1 Å². The SMILES string of the molecule is Cc1scc(C(=O)N/N=C\c2ccc3c(c2)OCO3)c1-c1ccccc1. The van der Waals surface area contributed by atoms with Gasteiger partial charge in [0.15, 0.2) is 11.5 Å². The molecule has 2 heterocycles. The number of rotatable bonds is 4. The van der Waals surface area contributed by atoms with Crippen LogP contribution in [0, 0.1) is 6.92 Å². The van der Waals surface area contributed by atoms with Crippen LogP contribution in [0.15, 0.2) is 59.0 Å². The van der Waals surface area contributed by atoms with E-state index in [1.54, 1.807) is 17.6 Å². The number of thiophene rings is 1. The number of amides is 1. The van der Waals surface area contributed by atoms with Crippen LogP contribution in [0.1, 0.15) is 20.8 Å². The van der Waals surface area contributed by atoms with E-state index >= 15 is 0 Å². The van der Waals surface area contributed by atoms with Crippen LogP contribution in [0.2, 0.25) is 0 Å². The molecule has 0 unspecified atom stereocenters. The summed E-state index contributed by atoms with van der Waals surface area (Å²) in [5.41, 5.74) is 6.02. The molecule has 4 rings (SSSR count). The number of carbonyl (C=O) groups is 1. The largest absolute Gasteiger partial charge is 0.454 e. The molecule has 6 heteroatoms. The molecule has 1 aliphatic heterocycles. The zero-order valence-corrected chi connectivity index (χ0v) is 14.9. The molecule has 26 heavy (non-hydrogen) atoms. The highest BCUT2D eigenvalue weighted by atomic mass is 32.1. The Balaban J connectivity index is 1.51. The Morgan fingerprint density at radius 3 is 2.81 bits per heavy atom. The summed E-state index contributed by atoms with van der Waals surface area (Å²) in [7, 11) is 0. The lowest BCUT2D eigenvalue weighted by Gasteiger charge is -2.05. The maximum Gasteiger partial charge on any atom is 0.272 e. The first-order chi connectivity index (χ1) is 12.7. The van der Waals surface area contributed by atoms with E-state index in [2.05, 4.69) is 10.5 Å². The summed E-state index contributed by atoms with van der Waals surface area (Å²) in [6.45, 7) is 2.24. The maximum atomic E-state index is 12.6. The summed E-state index contributed by atoms with van der Waals surface area (Å²) in [6, 6.07) is 15.4. The summed E-state index contributed by atoms with van der Waals surface area (Å²) in [5.74, 6) is 1.16. The summed E-state index contributed by atoms with van der Waals surface area (Å²) in [4.78, 5) is 13.7. The number of aryl methyl sites for hydroxylation is 1. The molecule has 0 aliphatic carbocycles. The molecule has 0 atom stereocenters. The lowest BCUT2D eigenvalue weighted by atomic mass is 10.0. The number of carbonyl (C=O) groups excluding carboxylic acids is 1. The van der Waals surface area contributed by atoms with E-state index in [1.165, 1.54) is 0 Å². The van der Waals surface area contributed by atoms with Crippen LogP contribution >= 0.6 is 11.3 Å². The second-order valence-corrected chi connectivity index (χ2v) is 6.84. The van der Waals surface area contributed by atoms with Crippen molar-refractivity contribution in [3.8, 4) is 22.6 Å². The van der Waals surface area contributed by atoms with Crippen LogP contribution in [0.25, 0.3) is 11.1 Å². The van der Waals surface area contributed by atoms with Crippen LogP contribution in [-0.2, 0) is 0 Å². The van der Waals surface area contributed by atoms with E-state index in [-0.39, 0.29) is 12.7 Å². The Morgan fingerprint density at radius 2 is 1.96 bits per heavy atom. The van der Waals surface area contributed by atoms with Gasteiger partial charge in [-0.1, -0.05) is 30.3 Å². The zero-order chi connectivity index (χ0) is 17.9. The number of hydrazone groups is 1. The number of benzene rings is 2. The van der Waals surface area contributed by atoms with Crippen molar-refractivity contribution in [2.24, 2.45) is 5.10 Å². The fourth-order valence-electron chi connectivity index (χ4n) is 2.80. The smallest absolute Gasteiger partial charge is 0.272 e. The number of hydrogen-bond acceptors (Lipinski definition) is 5. The van der Waals surface area contributed by atoms with Gasteiger partial charge in [-0.3, -0.25) is 4.79 Å². The van der Waals surface area contributed by atoms with Gasteiger partial charge >= 0.3 is 0 Å². The predicted octanol–water partition coefficient (Wildman–Crippen LogP) is 4.22. The lowest BCUT2D eigenvalue weighted by Crippen LogP contribution is -2.17. The van der Waals surface area contributed by atoms with Crippen molar-refractivity contribution in [2.45, 2.75) is 6.92 Å². The molecule has 1 aromatic heterocycles. The van der Waals surface area contributed by atoms with Gasteiger partial charge in [0.25, 0.3) is 5.91 Å². The van der Waals surface area contributed by atoms with Crippen LogP contribution < -0.4 is 14.9 Å². The van der Waals surface area contributed by atoms with Gasteiger partial charge < -0.3 is 9.47 Å². The van der Waals surface area contributed by atoms with E-state index in [0.717, 1.165) is 21.6 Å². The van der Waals surface area contributed by atoms with Gasteiger partial charge in [-0.2, -0.15) is 5.10 Å². The molecule has 0 saturated heterocycles. The summed E-state index contributed by atoms with van der Waals surface area (Å²) in [5, 5.41) is 5.94. The molecule has 0 spiro atoms. The van der Waals surface area contributed by atoms with Crippen molar-refractivity contribution in [1.82, 2.24) is 5.43 Å². The van der Waals surface area contributed by atoms with Crippen LogP contribution in [0.4, 0.5) is 0 Å². The van der Waals surface area contributed by atoms with Gasteiger partial charge in [-0.15, -0.1) is 11.3 Å². The number of nitrogens with one attached hydrogen (secondary N) is 1. The molecule has 130 valence electrons. The zero-order valence-electron chi connectivity index (χ0n) is 14.1. The first-order valence-electron chi connectivity index (χ1n) is 8.09. The minimum atomic E-state index is -0.231. The minimum Gasteiger partial charge on any atom is -0.454 e. The van der Waals surface area contributed by atoms with Crippen molar-refractivity contribution in [1.29, 1.82) is 0 Å². The molecular weight excluding hydrogens is 348 g/mol. The molecule has 0 bridgehead atoms. The number of nitrogens with zero attached hydrogens (tertiary/aromatic N) is 1. The monoisotopic (exact) mass is 364 g/mol. The lowest BCUT2D eigenvalue weighted by molar-refractivity contribution is 0.0956. The highest BCUT2D eigenvalue weighted by Gasteiger charge is 2.17.